The molecular formula is C17H20ClNOS. The zero-order valence-electron chi connectivity index (χ0n) is 12.3. The zero-order valence-corrected chi connectivity index (χ0v) is 13.8. The van der Waals surface area contributed by atoms with Crippen molar-refractivity contribution in [1.82, 2.24) is 0 Å². The Morgan fingerprint density at radius 3 is 2.48 bits per heavy atom. The second-order valence-corrected chi connectivity index (χ2v) is 6.37. The van der Waals surface area contributed by atoms with Crippen molar-refractivity contribution in [2.45, 2.75) is 29.5 Å². The van der Waals surface area contributed by atoms with E-state index < -0.39 is 0 Å². The minimum absolute atomic E-state index is 0.0302. The van der Waals surface area contributed by atoms with Crippen molar-refractivity contribution < 1.29 is 4.74 Å². The maximum absolute atomic E-state index is 6.35. The van der Waals surface area contributed by atoms with Gasteiger partial charge in [-0.15, -0.1) is 11.8 Å². The van der Waals surface area contributed by atoms with Crippen molar-refractivity contribution in [3.63, 3.8) is 0 Å². The van der Waals surface area contributed by atoms with E-state index in [1.54, 1.807) is 18.9 Å². The quantitative estimate of drug-likeness (QED) is 0.767. The lowest BCUT2D eigenvalue weighted by Gasteiger charge is -2.25. The second-order valence-electron chi connectivity index (χ2n) is 4.78. The predicted molar refractivity (Wildman–Crippen MR) is 91.3 cm³/mol. The fourth-order valence-electron chi connectivity index (χ4n) is 2.17. The molecule has 0 saturated carbocycles. The summed E-state index contributed by atoms with van der Waals surface area (Å²) >= 11 is 7.98. The molecule has 2 aromatic carbocycles. The number of benzene rings is 2. The molecule has 0 amide bonds. The van der Waals surface area contributed by atoms with Crippen molar-refractivity contribution in [1.29, 1.82) is 0 Å². The molecule has 0 aliphatic rings. The van der Waals surface area contributed by atoms with E-state index in [4.69, 9.17) is 22.1 Å². The van der Waals surface area contributed by atoms with E-state index in [-0.39, 0.29) is 11.3 Å². The smallest absolute Gasteiger partial charge is 0.123 e. The van der Waals surface area contributed by atoms with Gasteiger partial charge in [0.05, 0.1) is 17.4 Å². The van der Waals surface area contributed by atoms with Gasteiger partial charge in [-0.1, -0.05) is 48.9 Å². The molecular weight excluding hydrogens is 302 g/mol. The summed E-state index contributed by atoms with van der Waals surface area (Å²) in [5.41, 5.74) is 7.46. The van der Waals surface area contributed by atoms with Crippen LogP contribution in [0.4, 0.5) is 0 Å². The van der Waals surface area contributed by atoms with Crippen LogP contribution in [0.5, 0.6) is 5.75 Å². The third-order valence-corrected chi connectivity index (χ3v) is 5.31. The number of hydrogen-bond acceptors (Lipinski definition) is 3. The predicted octanol–water partition coefficient (Wildman–Crippen LogP) is 4.92. The van der Waals surface area contributed by atoms with Gasteiger partial charge < -0.3 is 10.5 Å². The highest BCUT2D eigenvalue weighted by molar-refractivity contribution is 7.99. The van der Waals surface area contributed by atoms with Crippen LogP contribution in [0.3, 0.4) is 0 Å². The molecule has 112 valence electrons. The summed E-state index contributed by atoms with van der Waals surface area (Å²) in [4.78, 5) is 1.04. The first-order valence-corrected chi connectivity index (χ1v) is 8.22. The van der Waals surface area contributed by atoms with Crippen LogP contribution in [-0.2, 0) is 0 Å². The average molecular weight is 322 g/mol. The summed E-state index contributed by atoms with van der Waals surface area (Å²) < 4.78 is 5.49. The van der Waals surface area contributed by atoms with Gasteiger partial charge in [0.15, 0.2) is 0 Å². The number of thioether (sulfide) groups is 1. The number of halogens is 1. The van der Waals surface area contributed by atoms with Crippen LogP contribution in [0.25, 0.3) is 0 Å². The lowest BCUT2D eigenvalue weighted by molar-refractivity contribution is 0.407. The van der Waals surface area contributed by atoms with E-state index in [0.717, 1.165) is 27.7 Å². The van der Waals surface area contributed by atoms with Crippen molar-refractivity contribution in [3.05, 3.63) is 59.1 Å². The molecule has 0 radical (unpaired) electrons. The first kappa shape index (κ1) is 16.2. The van der Waals surface area contributed by atoms with E-state index in [1.807, 2.05) is 42.5 Å². The molecule has 21 heavy (non-hydrogen) atoms. The SMILES string of the molecule is CCC(N)C(Sc1ccccc1Cl)c1ccccc1OC. The van der Waals surface area contributed by atoms with Crippen LogP contribution in [0.15, 0.2) is 53.4 Å². The molecule has 0 fully saturated rings. The number of rotatable bonds is 6. The number of nitrogens with two attached hydrogens (primary N) is 1. The third-order valence-electron chi connectivity index (χ3n) is 3.40. The Labute approximate surface area is 135 Å². The van der Waals surface area contributed by atoms with Gasteiger partial charge >= 0.3 is 0 Å². The van der Waals surface area contributed by atoms with Gasteiger partial charge in [-0.2, -0.15) is 0 Å². The highest BCUT2D eigenvalue weighted by atomic mass is 35.5. The number of hydrogen-bond donors (Lipinski definition) is 1. The molecule has 2 aromatic rings. The summed E-state index contributed by atoms with van der Waals surface area (Å²) in [6.45, 7) is 2.10. The number of ether oxygens (including phenoxy) is 1. The van der Waals surface area contributed by atoms with Crippen LogP contribution < -0.4 is 10.5 Å². The number of para-hydroxylation sites is 1. The molecule has 2 unspecified atom stereocenters. The van der Waals surface area contributed by atoms with Crippen molar-refractivity contribution in [3.8, 4) is 5.75 Å². The molecule has 2 rings (SSSR count). The maximum Gasteiger partial charge on any atom is 0.123 e. The van der Waals surface area contributed by atoms with Gasteiger partial charge in [-0.25, -0.2) is 0 Å². The van der Waals surface area contributed by atoms with Crippen LogP contribution in [0.1, 0.15) is 24.2 Å². The Morgan fingerprint density at radius 1 is 1.14 bits per heavy atom. The molecule has 0 heterocycles. The van der Waals surface area contributed by atoms with Gasteiger partial charge in [0.25, 0.3) is 0 Å². The van der Waals surface area contributed by atoms with Crippen LogP contribution >= 0.6 is 23.4 Å². The Hall–Kier alpha value is -1.16. The molecule has 2 N–H and O–H groups in total. The standard InChI is InChI=1S/C17H20ClNOS/c1-3-14(19)17(12-8-4-6-10-15(12)20-2)21-16-11-7-5-9-13(16)18/h4-11,14,17H,3,19H2,1-2H3. The Kier molecular flexibility index (Phi) is 5.97. The van der Waals surface area contributed by atoms with E-state index in [1.165, 1.54) is 0 Å². The highest BCUT2D eigenvalue weighted by Crippen LogP contribution is 2.43. The highest BCUT2D eigenvalue weighted by Gasteiger charge is 2.23. The van der Waals surface area contributed by atoms with E-state index in [2.05, 4.69) is 13.0 Å². The molecule has 0 aliphatic heterocycles. The van der Waals surface area contributed by atoms with Crippen LogP contribution in [0.2, 0.25) is 5.02 Å². The Bertz CT molecular complexity index is 591. The largest absolute Gasteiger partial charge is 0.496 e. The summed E-state index contributed by atoms with van der Waals surface area (Å²) in [5, 5.41) is 0.858. The monoisotopic (exact) mass is 321 g/mol. The molecule has 2 atom stereocenters. The van der Waals surface area contributed by atoms with Gasteiger partial charge in [0.2, 0.25) is 0 Å². The van der Waals surface area contributed by atoms with Gasteiger partial charge in [0.1, 0.15) is 5.75 Å². The molecule has 4 heteroatoms. The van der Waals surface area contributed by atoms with Crippen LogP contribution in [0, 0.1) is 0 Å². The Balaban J connectivity index is 2.37. The first-order chi connectivity index (χ1) is 10.2. The zero-order chi connectivity index (χ0) is 15.2. The second kappa shape index (κ2) is 7.74. The first-order valence-electron chi connectivity index (χ1n) is 6.97. The van der Waals surface area contributed by atoms with Gasteiger partial charge in [0, 0.05) is 16.5 Å². The topological polar surface area (TPSA) is 35.2 Å². The van der Waals surface area contributed by atoms with E-state index in [0.29, 0.717) is 0 Å². The fourth-order valence-corrected chi connectivity index (χ4v) is 3.74. The number of methoxy groups -OCH3 is 1. The third kappa shape index (κ3) is 3.94. The minimum Gasteiger partial charge on any atom is -0.496 e. The molecule has 0 aliphatic carbocycles. The Morgan fingerprint density at radius 2 is 1.81 bits per heavy atom. The normalized spacial score (nSPS) is 13.7. The molecule has 0 bridgehead atoms. The van der Waals surface area contributed by atoms with Crippen molar-refractivity contribution in [2.75, 3.05) is 7.11 Å². The summed E-state index contributed by atoms with van der Waals surface area (Å²) in [6.07, 6.45) is 0.889. The van der Waals surface area contributed by atoms with Crippen LogP contribution in [-0.4, -0.2) is 13.2 Å². The van der Waals surface area contributed by atoms with E-state index >= 15 is 0 Å². The molecule has 0 saturated heterocycles. The summed E-state index contributed by atoms with van der Waals surface area (Å²) in [7, 11) is 1.69. The van der Waals surface area contributed by atoms with Crippen molar-refractivity contribution in [2.24, 2.45) is 5.73 Å². The lowest BCUT2D eigenvalue weighted by atomic mass is 10.0. The molecule has 0 spiro atoms. The average Bonchev–Trinajstić information content (AvgIpc) is 2.53. The minimum atomic E-state index is 0.0302. The fraction of sp³-hybridized carbons (Fsp3) is 0.294. The molecule has 2 nitrogen and oxygen atoms in total. The summed E-state index contributed by atoms with van der Waals surface area (Å²) in [6, 6.07) is 15.9. The molecule has 0 aromatic heterocycles. The summed E-state index contributed by atoms with van der Waals surface area (Å²) in [5.74, 6) is 0.867. The van der Waals surface area contributed by atoms with Gasteiger partial charge in [-0.05, 0) is 24.6 Å². The van der Waals surface area contributed by atoms with E-state index in [9.17, 15) is 0 Å². The lowest BCUT2D eigenvalue weighted by Crippen LogP contribution is -2.26. The maximum atomic E-state index is 6.35. The van der Waals surface area contributed by atoms with Crippen molar-refractivity contribution >= 4 is 23.4 Å². The van der Waals surface area contributed by atoms with Gasteiger partial charge in [-0.3, -0.25) is 0 Å².